The highest BCUT2D eigenvalue weighted by molar-refractivity contribution is 6.36. The Bertz CT molecular complexity index is 219. The first-order chi connectivity index (χ1) is 8.78. The molecule has 116 valence electrons. The third-order valence-electron chi connectivity index (χ3n) is 3.68. The van der Waals surface area contributed by atoms with Crippen LogP contribution in [0, 0.1) is 5.92 Å². The molecule has 1 atom stereocenters. The van der Waals surface area contributed by atoms with Crippen LogP contribution in [0.1, 0.15) is 74.7 Å². The van der Waals surface area contributed by atoms with Crippen molar-refractivity contribution in [2.45, 2.75) is 92.5 Å². The molecule has 0 fully saturated rings. The molecule has 0 N–H and O–H groups in total. The van der Waals surface area contributed by atoms with E-state index in [0.29, 0.717) is 5.92 Å². The van der Waals surface area contributed by atoms with Gasteiger partial charge in [0, 0.05) is 12.2 Å². The zero-order chi connectivity index (χ0) is 15.1. The minimum Gasteiger partial charge on any atom is -0.373 e. The van der Waals surface area contributed by atoms with Crippen molar-refractivity contribution in [1.29, 1.82) is 0 Å². The molecule has 0 spiro atoms. The van der Waals surface area contributed by atoms with Gasteiger partial charge in [-0.3, -0.25) is 0 Å². The Morgan fingerprint density at radius 1 is 0.895 bits per heavy atom. The smallest absolute Gasteiger partial charge is 0.373 e. The molecular formula is C15H34O3Si. The highest BCUT2D eigenvalue weighted by Gasteiger charge is 2.36. The summed E-state index contributed by atoms with van der Waals surface area (Å²) in [4.78, 5) is 0. The van der Waals surface area contributed by atoms with Crippen molar-refractivity contribution in [3.63, 3.8) is 0 Å². The molecule has 0 radical (unpaired) electrons. The molecule has 0 rings (SSSR count). The van der Waals surface area contributed by atoms with E-state index in [4.69, 9.17) is 13.3 Å². The average Bonchev–Trinajstić information content (AvgIpc) is 2.28. The molecule has 0 aromatic carbocycles. The fourth-order valence-electron chi connectivity index (χ4n) is 2.37. The van der Waals surface area contributed by atoms with Crippen LogP contribution >= 0.6 is 0 Å². The summed E-state index contributed by atoms with van der Waals surface area (Å²) in [7, 11) is -2.08. The Morgan fingerprint density at radius 2 is 1.32 bits per heavy atom. The average molecular weight is 291 g/mol. The van der Waals surface area contributed by atoms with Crippen molar-refractivity contribution in [3.05, 3.63) is 0 Å². The minimum atomic E-state index is -2.08. The lowest BCUT2D eigenvalue weighted by Gasteiger charge is -2.39. The summed E-state index contributed by atoms with van der Waals surface area (Å²) in [6.45, 7) is 17.0. The molecular weight excluding hydrogens is 256 g/mol. The maximum Gasteiger partial charge on any atom is 0.485 e. The summed E-state index contributed by atoms with van der Waals surface area (Å²) in [5, 5.41) is 0. The van der Waals surface area contributed by atoms with Crippen LogP contribution in [0.15, 0.2) is 0 Å². The quantitative estimate of drug-likeness (QED) is 0.565. The standard InChI is InChI=1S/C15H34O3Si/c1-9-14(10-2)15(8,11-3)18-19(16-12(4)5)17-13(6)7/h12-14,19H,9-11H2,1-8H3. The van der Waals surface area contributed by atoms with E-state index in [9.17, 15) is 0 Å². The van der Waals surface area contributed by atoms with E-state index in [0.717, 1.165) is 19.3 Å². The van der Waals surface area contributed by atoms with Gasteiger partial charge in [-0.15, -0.1) is 0 Å². The molecule has 0 bridgehead atoms. The van der Waals surface area contributed by atoms with Gasteiger partial charge in [-0.1, -0.05) is 33.6 Å². The van der Waals surface area contributed by atoms with Gasteiger partial charge in [-0.25, -0.2) is 0 Å². The van der Waals surface area contributed by atoms with Crippen molar-refractivity contribution in [1.82, 2.24) is 0 Å². The van der Waals surface area contributed by atoms with Crippen molar-refractivity contribution >= 4 is 9.53 Å². The van der Waals surface area contributed by atoms with Gasteiger partial charge in [0.2, 0.25) is 0 Å². The lowest BCUT2D eigenvalue weighted by atomic mass is 9.83. The molecule has 0 aromatic rings. The molecule has 19 heavy (non-hydrogen) atoms. The van der Waals surface area contributed by atoms with Gasteiger partial charge in [-0.05, 0) is 47.0 Å². The Labute approximate surface area is 122 Å². The maximum absolute atomic E-state index is 6.35. The van der Waals surface area contributed by atoms with Gasteiger partial charge < -0.3 is 13.3 Å². The highest BCUT2D eigenvalue weighted by atomic mass is 28.3. The van der Waals surface area contributed by atoms with Crippen LogP contribution in [0.4, 0.5) is 0 Å². The van der Waals surface area contributed by atoms with Crippen molar-refractivity contribution < 1.29 is 13.3 Å². The largest absolute Gasteiger partial charge is 0.485 e. The first-order valence-corrected chi connectivity index (χ1v) is 9.19. The van der Waals surface area contributed by atoms with Crippen LogP contribution in [0.3, 0.4) is 0 Å². The van der Waals surface area contributed by atoms with E-state index in [2.05, 4.69) is 27.7 Å². The van der Waals surface area contributed by atoms with E-state index < -0.39 is 9.53 Å². The SMILES string of the molecule is CCC(CC)C(C)(CC)O[SiH](OC(C)C)OC(C)C. The van der Waals surface area contributed by atoms with Crippen LogP contribution in [-0.4, -0.2) is 27.3 Å². The molecule has 0 heterocycles. The van der Waals surface area contributed by atoms with Crippen LogP contribution in [-0.2, 0) is 13.3 Å². The van der Waals surface area contributed by atoms with E-state index in [1.165, 1.54) is 0 Å². The Morgan fingerprint density at radius 3 is 1.58 bits per heavy atom. The Kier molecular flexibility index (Phi) is 9.16. The van der Waals surface area contributed by atoms with Gasteiger partial charge in [0.25, 0.3) is 0 Å². The third-order valence-corrected chi connectivity index (χ3v) is 5.95. The van der Waals surface area contributed by atoms with Crippen molar-refractivity contribution in [3.8, 4) is 0 Å². The summed E-state index contributed by atoms with van der Waals surface area (Å²) < 4.78 is 18.1. The predicted octanol–water partition coefficient (Wildman–Crippen LogP) is 4.18. The molecule has 4 heteroatoms. The maximum atomic E-state index is 6.35. The van der Waals surface area contributed by atoms with Gasteiger partial charge >= 0.3 is 9.53 Å². The molecule has 0 aliphatic heterocycles. The van der Waals surface area contributed by atoms with E-state index >= 15 is 0 Å². The second-order valence-corrected chi connectivity index (χ2v) is 7.31. The number of rotatable bonds is 10. The van der Waals surface area contributed by atoms with E-state index in [1.807, 2.05) is 27.7 Å². The van der Waals surface area contributed by atoms with Crippen LogP contribution in [0.25, 0.3) is 0 Å². The fourth-order valence-corrected chi connectivity index (χ4v) is 4.24. The summed E-state index contributed by atoms with van der Waals surface area (Å²) in [5.41, 5.74) is -0.135. The van der Waals surface area contributed by atoms with Crippen molar-refractivity contribution in [2.24, 2.45) is 5.92 Å². The number of hydrogen-bond acceptors (Lipinski definition) is 3. The molecule has 0 aliphatic rings. The second-order valence-electron chi connectivity index (χ2n) is 5.96. The molecule has 3 nitrogen and oxygen atoms in total. The van der Waals surface area contributed by atoms with E-state index in [1.54, 1.807) is 0 Å². The lowest BCUT2D eigenvalue weighted by Crippen LogP contribution is -2.46. The fraction of sp³-hybridized carbons (Fsp3) is 1.00. The van der Waals surface area contributed by atoms with Gasteiger partial charge in [0.05, 0.1) is 5.60 Å². The Hall–Kier alpha value is 0.0969. The summed E-state index contributed by atoms with van der Waals surface area (Å²) in [5.74, 6) is 0.555. The summed E-state index contributed by atoms with van der Waals surface area (Å²) in [6, 6.07) is 0. The summed E-state index contributed by atoms with van der Waals surface area (Å²) in [6.07, 6.45) is 3.55. The molecule has 0 saturated heterocycles. The van der Waals surface area contributed by atoms with Gasteiger partial charge in [0.1, 0.15) is 0 Å². The third kappa shape index (κ3) is 6.89. The zero-order valence-corrected chi connectivity index (χ0v) is 15.3. The number of hydrogen-bond donors (Lipinski definition) is 0. The molecule has 0 amide bonds. The highest BCUT2D eigenvalue weighted by Crippen LogP contribution is 2.32. The minimum absolute atomic E-state index is 0.135. The molecule has 0 aromatic heterocycles. The summed E-state index contributed by atoms with van der Waals surface area (Å²) >= 11 is 0. The van der Waals surface area contributed by atoms with Gasteiger partial charge in [-0.2, -0.15) is 0 Å². The normalized spacial score (nSPS) is 15.8. The van der Waals surface area contributed by atoms with Crippen LogP contribution < -0.4 is 0 Å². The first-order valence-electron chi connectivity index (χ1n) is 7.77. The van der Waals surface area contributed by atoms with Gasteiger partial charge in [0.15, 0.2) is 0 Å². The second kappa shape index (κ2) is 9.11. The molecule has 0 aliphatic carbocycles. The van der Waals surface area contributed by atoms with Crippen molar-refractivity contribution in [2.75, 3.05) is 0 Å². The lowest BCUT2D eigenvalue weighted by molar-refractivity contribution is -0.0545. The zero-order valence-electron chi connectivity index (χ0n) is 14.2. The first kappa shape index (κ1) is 19.1. The monoisotopic (exact) mass is 290 g/mol. The predicted molar refractivity (Wildman–Crippen MR) is 83.4 cm³/mol. The molecule has 0 saturated carbocycles. The molecule has 1 unspecified atom stereocenters. The Balaban J connectivity index is 4.83. The van der Waals surface area contributed by atoms with Crippen LogP contribution in [0.5, 0.6) is 0 Å². The van der Waals surface area contributed by atoms with Crippen LogP contribution in [0.2, 0.25) is 0 Å². The topological polar surface area (TPSA) is 27.7 Å². The van der Waals surface area contributed by atoms with E-state index in [-0.39, 0.29) is 17.8 Å².